The molecule has 0 spiro atoms. The highest BCUT2D eigenvalue weighted by Gasteiger charge is 2.52. The van der Waals surface area contributed by atoms with Gasteiger partial charge in [-0.05, 0) is 61.7 Å². The summed E-state index contributed by atoms with van der Waals surface area (Å²) in [4.78, 5) is 0. The van der Waals surface area contributed by atoms with Crippen molar-refractivity contribution in [3.63, 3.8) is 0 Å². The maximum absolute atomic E-state index is 4.43. The molecule has 2 fully saturated rings. The second kappa shape index (κ2) is 5.54. The Morgan fingerprint density at radius 3 is 2.65 bits per heavy atom. The van der Waals surface area contributed by atoms with E-state index in [0.717, 1.165) is 12.3 Å². The lowest BCUT2D eigenvalue weighted by Gasteiger charge is -2.58. The van der Waals surface area contributed by atoms with Gasteiger partial charge in [-0.1, -0.05) is 63.6 Å². The van der Waals surface area contributed by atoms with Crippen molar-refractivity contribution in [3.05, 3.63) is 36.5 Å². The summed E-state index contributed by atoms with van der Waals surface area (Å²) in [6, 6.07) is 0. The highest BCUT2D eigenvalue weighted by molar-refractivity contribution is 5.20. The molecule has 0 amide bonds. The maximum atomic E-state index is 4.43. The van der Waals surface area contributed by atoms with Crippen molar-refractivity contribution in [1.29, 1.82) is 0 Å². The first-order valence-electron chi connectivity index (χ1n) is 8.28. The fourth-order valence-corrected chi connectivity index (χ4v) is 5.10. The van der Waals surface area contributed by atoms with Gasteiger partial charge in [-0.3, -0.25) is 0 Å². The normalized spacial score (nSPS) is 37.4. The van der Waals surface area contributed by atoms with Gasteiger partial charge in [0.15, 0.2) is 0 Å². The van der Waals surface area contributed by atoms with Gasteiger partial charge in [0.25, 0.3) is 0 Å². The third-order valence-corrected chi connectivity index (χ3v) is 6.32. The van der Waals surface area contributed by atoms with Crippen molar-refractivity contribution in [2.45, 2.75) is 66.2 Å². The molecule has 0 aliphatic heterocycles. The highest BCUT2D eigenvalue weighted by Crippen LogP contribution is 2.61. The maximum Gasteiger partial charge on any atom is -0.0114 e. The topological polar surface area (TPSA) is 0 Å². The molecule has 112 valence electrons. The average Bonchev–Trinajstić information content (AvgIpc) is 2.36. The molecule has 2 aliphatic carbocycles. The van der Waals surface area contributed by atoms with E-state index in [9.17, 15) is 0 Å². The van der Waals surface area contributed by atoms with Crippen LogP contribution in [-0.2, 0) is 0 Å². The Morgan fingerprint density at radius 1 is 1.30 bits per heavy atom. The minimum absolute atomic E-state index is 0.453. The molecule has 0 nitrogen and oxygen atoms in total. The molecule has 0 saturated heterocycles. The molecule has 1 unspecified atom stereocenters. The zero-order valence-electron chi connectivity index (χ0n) is 14.0. The highest BCUT2D eigenvalue weighted by atomic mass is 14.6. The molecule has 0 radical (unpaired) electrons. The Kier molecular flexibility index (Phi) is 4.33. The number of rotatable bonds is 3. The van der Waals surface area contributed by atoms with E-state index in [-0.39, 0.29) is 0 Å². The van der Waals surface area contributed by atoms with Crippen molar-refractivity contribution in [2.75, 3.05) is 0 Å². The SMILES string of the molecule is C=C/C(C)=C/C[C@@H]1C(=C)CCC2C(C)(C)CCC[C@]21C. The molecule has 2 saturated carbocycles. The molecule has 0 aromatic heterocycles. The zero-order chi connectivity index (χ0) is 15.0. The van der Waals surface area contributed by atoms with Gasteiger partial charge < -0.3 is 0 Å². The molecule has 0 N–H and O–H groups in total. The van der Waals surface area contributed by atoms with Crippen LogP contribution in [0.3, 0.4) is 0 Å². The van der Waals surface area contributed by atoms with Gasteiger partial charge in [0, 0.05) is 0 Å². The van der Waals surface area contributed by atoms with Crippen molar-refractivity contribution in [1.82, 2.24) is 0 Å². The Morgan fingerprint density at radius 2 is 2.00 bits per heavy atom. The van der Waals surface area contributed by atoms with Crippen LogP contribution in [0.25, 0.3) is 0 Å². The van der Waals surface area contributed by atoms with E-state index in [0.29, 0.717) is 16.7 Å². The predicted octanol–water partition coefficient (Wildman–Crippen LogP) is 6.31. The quantitative estimate of drug-likeness (QED) is 0.417. The fourth-order valence-electron chi connectivity index (χ4n) is 5.10. The van der Waals surface area contributed by atoms with Gasteiger partial charge in [-0.2, -0.15) is 0 Å². The van der Waals surface area contributed by atoms with Gasteiger partial charge in [-0.25, -0.2) is 0 Å². The summed E-state index contributed by atoms with van der Waals surface area (Å²) in [5, 5.41) is 0. The van der Waals surface area contributed by atoms with Crippen LogP contribution >= 0.6 is 0 Å². The van der Waals surface area contributed by atoms with Crippen LogP contribution in [0.5, 0.6) is 0 Å². The smallest absolute Gasteiger partial charge is 0.0114 e. The standard InChI is InChI=1S/C20H32/c1-7-15(2)9-11-17-16(3)10-12-18-19(4,5)13-8-14-20(17,18)6/h7,9,17-18H,1,3,8,10-14H2,2,4-6H3/b15-9+/t17-,18?,20+/m1/s1. The van der Waals surface area contributed by atoms with Crippen LogP contribution in [0, 0.1) is 22.7 Å². The predicted molar refractivity (Wildman–Crippen MR) is 89.7 cm³/mol. The van der Waals surface area contributed by atoms with Crippen molar-refractivity contribution >= 4 is 0 Å². The summed E-state index contributed by atoms with van der Waals surface area (Å²) in [6.07, 6.45) is 12.2. The average molecular weight is 272 g/mol. The van der Waals surface area contributed by atoms with Crippen LogP contribution in [0.15, 0.2) is 36.5 Å². The molecule has 2 rings (SSSR count). The van der Waals surface area contributed by atoms with E-state index in [1.165, 1.54) is 43.3 Å². The Labute approximate surface area is 126 Å². The molecule has 0 heterocycles. The first kappa shape index (κ1) is 15.6. The van der Waals surface area contributed by atoms with Crippen molar-refractivity contribution in [2.24, 2.45) is 22.7 Å². The Bertz CT molecular complexity index is 423. The van der Waals surface area contributed by atoms with Crippen LogP contribution < -0.4 is 0 Å². The van der Waals surface area contributed by atoms with E-state index < -0.39 is 0 Å². The lowest BCUT2D eigenvalue weighted by Crippen LogP contribution is -2.49. The molecular formula is C20H32. The van der Waals surface area contributed by atoms with Gasteiger partial charge in [-0.15, -0.1) is 0 Å². The van der Waals surface area contributed by atoms with Gasteiger partial charge in [0.2, 0.25) is 0 Å². The molecule has 0 heteroatoms. The molecule has 0 aromatic rings. The van der Waals surface area contributed by atoms with E-state index in [1.54, 1.807) is 0 Å². The Hall–Kier alpha value is -0.780. The van der Waals surface area contributed by atoms with Crippen LogP contribution in [0.2, 0.25) is 0 Å². The minimum atomic E-state index is 0.453. The van der Waals surface area contributed by atoms with E-state index in [2.05, 4.69) is 46.9 Å². The van der Waals surface area contributed by atoms with E-state index >= 15 is 0 Å². The lowest BCUT2D eigenvalue weighted by molar-refractivity contribution is -0.0510. The summed E-state index contributed by atoms with van der Waals surface area (Å²) in [5.41, 5.74) is 3.76. The lowest BCUT2D eigenvalue weighted by atomic mass is 9.47. The molecule has 3 atom stereocenters. The second-order valence-corrected chi connectivity index (χ2v) is 8.04. The summed E-state index contributed by atoms with van der Waals surface area (Å²) >= 11 is 0. The number of hydrogen-bond acceptors (Lipinski definition) is 0. The van der Waals surface area contributed by atoms with Crippen molar-refractivity contribution < 1.29 is 0 Å². The molecule has 2 aliphatic rings. The first-order valence-corrected chi connectivity index (χ1v) is 8.28. The van der Waals surface area contributed by atoms with Gasteiger partial charge in [0.05, 0.1) is 0 Å². The van der Waals surface area contributed by atoms with E-state index in [4.69, 9.17) is 0 Å². The first-order chi connectivity index (χ1) is 9.31. The molecule has 20 heavy (non-hydrogen) atoms. The largest absolute Gasteiger partial charge is 0.0995 e. The minimum Gasteiger partial charge on any atom is -0.0995 e. The summed E-state index contributed by atoms with van der Waals surface area (Å²) in [6.45, 7) is 18.0. The fraction of sp³-hybridized carbons (Fsp3) is 0.700. The number of allylic oxidation sites excluding steroid dienone is 4. The van der Waals surface area contributed by atoms with Gasteiger partial charge >= 0.3 is 0 Å². The summed E-state index contributed by atoms with van der Waals surface area (Å²) < 4.78 is 0. The zero-order valence-corrected chi connectivity index (χ0v) is 14.0. The summed E-state index contributed by atoms with van der Waals surface area (Å²) in [7, 11) is 0. The monoisotopic (exact) mass is 272 g/mol. The summed E-state index contributed by atoms with van der Waals surface area (Å²) in [5.74, 6) is 1.52. The van der Waals surface area contributed by atoms with Crippen LogP contribution in [0.4, 0.5) is 0 Å². The van der Waals surface area contributed by atoms with Crippen LogP contribution in [-0.4, -0.2) is 0 Å². The van der Waals surface area contributed by atoms with Crippen LogP contribution in [0.1, 0.15) is 66.2 Å². The molecular weight excluding hydrogens is 240 g/mol. The number of fused-ring (bicyclic) bond motifs is 1. The Balaban J connectivity index is 2.28. The van der Waals surface area contributed by atoms with Crippen molar-refractivity contribution in [3.8, 4) is 0 Å². The third kappa shape index (κ3) is 2.67. The third-order valence-electron chi connectivity index (χ3n) is 6.32. The van der Waals surface area contributed by atoms with Gasteiger partial charge in [0.1, 0.15) is 0 Å². The number of hydrogen-bond donors (Lipinski definition) is 0. The molecule has 0 bridgehead atoms. The van der Waals surface area contributed by atoms with E-state index in [1.807, 2.05) is 6.08 Å². The second-order valence-electron chi connectivity index (χ2n) is 8.04. The molecule has 0 aromatic carbocycles.